The molecule has 5 rings (SSSR count). The Morgan fingerprint density at radius 3 is 2.58 bits per heavy atom. The van der Waals surface area contributed by atoms with Crippen molar-refractivity contribution in [1.29, 1.82) is 0 Å². The van der Waals surface area contributed by atoms with E-state index in [4.69, 9.17) is 9.41 Å². The Bertz CT molecular complexity index is 914. The fourth-order valence-electron chi connectivity index (χ4n) is 4.14. The number of hydrogen-bond acceptors (Lipinski definition) is 3. The summed E-state index contributed by atoms with van der Waals surface area (Å²) in [4.78, 5) is 7.37. The van der Waals surface area contributed by atoms with Gasteiger partial charge in [0.1, 0.15) is 17.6 Å². The van der Waals surface area contributed by atoms with Gasteiger partial charge in [-0.3, -0.25) is 0 Å². The van der Waals surface area contributed by atoms with Crippen LogP contribution in [0.4, 0.5) is 5.69 Å². The summed E-state index contributed by atoms with van der Waals surface area (Å²) in [7, 11) is 0. The molecule has 118 valence electrons. The zero-order chi connectivity index (χ0) is 16.1. The monoisotopic (exact) mass is 314 g/mol. The highest BCUT2D eigenvalue weighted by atomic mass is 16.3. The Labute approximate surface area is 141 Å². The Kier molecular flexibility index (Phi) is 2.75. The van der Waals surface area contributed by atoms with Crippen LogP contribution in [0.25, 0.3) is 0 Å². The van der Waals surface area contributed by atoms with Gasteiger partial charge in [0.05, 0.1) is 17.4 Å². The first-order valence-electron chi connectivity index (χ1n) is 8.31. The number of amidine groups is 1. The molecule has 0 aliphatic carbocycles. The van der Waals surface area contributed by atoms with E-state index in [1.807, 2.05) is 6.07 Å². The second kappa shape index (κ2) is 4.84. The predicted octanol–water partition coefficient (Wildman–Crippen LogP) is 4.84. The SMILES string of the molecule is C[C@]1(c2ccccc2)C2=Nc3ccccc3CN2[C@H]1c1ccco1. The highest BCUT2D eigenvalue weighted by Gasteiger charge is 2.58. The Hall–Kier alpha value is -2.81. The maximum absolute atomic E-state index is 5.79. The lowest BCUT2D eigenvalue weighted by molar-refractivity contribution is 0.121. The molecule has 0 amide bonds. The van der Waals surface area contributed by atoms with Gasteiger partial charge < -0.3 is 9.32 Å². The summed E-state index contributed by atoms with van der Waals surface area (Å²) < 4.78 is 5.79. The molecule has 0 bridgehead atoms. The molecule has 1 saturated heterocycles. The predicted molar refractivity (Wildman–Crippen MR) is 94.3 cm³/mol. The number of benzene rings is 2. The summed E-state index contributed by atoms with van der Waals surface area (Å²) in [6.07, 6.45) is 1.76. The van der Waals surface area contributed by atoms with Crippen LogP contribution in [0, 0.1) is 0 Å². The average Bonchev–Trinajstić information content (AvgIpc) is 3.15. The van der Waals surface area contributed by atoms with E-state index in [0.717, 1.165) is 23.8 Å². The van der Waals surface area contributed by atoms with Gasteiger partial charge in [0.2, 0.25) is 0 Å². The first-order chi connectivity index (χ1) is 11.8. The van der Waals surface area contributed by atoms with Gasteiger partial charge in [0.15, 0.2) is 0 Å². The molecule has 3 nitrogen and oxygen atoms in total. The maximum Gasteiger partial charge on any atom is 0.127 e. The minimum atomic E-state index is -0.174. The molecule has 2 atom stereocenters. The van der Waals surface area contributed by atoms with Gasteiger partial charge in [-0.05, 0) is 36.2 Å². The van der Waals surface area contributed by atoms with Crippen molar-refractivity contribution in [2.45, 2.75) is 24.9 Å². The zero-order valence-corrected chi connectivity index (χ0v) is 13.5. The maximum atomic E-state index is 5.79. The smallest absolute Gasteiger partial charge is 0.127 e. The molecule has 1 fully saturated rings. The molecule has 0 radical (unpaired) electrons. The summed E-state index contributed by atoms with van der Waals surface area (Å²) in [5.74, 6) is 2.13. The van der Waals surface area contributed by atoms with E-state index in [9.17, 15) is 0 Å². The van der Waals surface area contributed by atoms with Crippen LogP contribution in [0.1, 0.15) is 29.9 Å². The Morgan fingerprint density at radius 2 is 1.79 bits per heavy atom. The third-order valence-electron chi connectivity index (χ3n) is 5.34. The van der Waals surface area contributed by atoms with Gasteiger partial charge in [0.25, 0.3) is 0 Å². The van der Waals surface area contributed by atoms with Crippen molar-refractivity contribution in [3.05, 3.63) is 89.9 Å². The van der Waals surface area contributed by atoms with Crippen LogP contribution in [0.2, 0.25) is 0 Å². The third-order valence-corrected chi connectivity index (χ3v) is 5.34. The molecular weight excluding hydrogens is 296 g/mol. The van der Waals surface area contributed by atoms with Crippen molar-refractivity contribution in [1.82, 2.24) is 4.90 Å². The van der Waals surface area contributed by atoms with E-state index in [0.29, 0.717) is 0 Å². The van der Waals surface area contributed by atoms with Gasteiger partial charge in [-0.25, -0.2) is 4.99 Å². The second-order valence-corrected chi connectivity index (χ2v) is 6.68. The molecule has 0 saturated carbocycles. The second-order valence-electron chi connectivity index (χ2n) is 6.68. The van der Waals surface area contributed by atoms with Crippen LogP contribution < -0.4 is 0 Å². The number of aliphatic imine (C=N–C) groups is 1. The summed E-state index contributed by atoms with van der Waals surface area (Å²) in [5.41, 5.74) is 3.46. The topological polar surface area (TPSA) is 28.7 Å². The minimum absolute atomic E-state index is 0.169. The van der Waals surface area contributed by atoms with Crippen molar-refractivity contribution < 1.29 is 4.42 Å². The summed E-state index contributed by atoms with van der Waals surface area (Å²) >= 11 is 0. The Balaban J connectivity index is 1.70. The molecule has 24 heavy (non-hydrogen) atoms. The Morgan fingerprint density at radius 1 is 1.00 bits per heavy atom. The number of rotatable bonds is 2. The van der Waals surface area contributed by atoms with E-state index in [-0.39, 0.29) is 11.5 Å². The van der Waals surface area contributed by atoms with Crippen molar-refractivity contribution >= 4 is 11.5 Å². The molecule has 3 heteroatoms. The molecular formula is C21H18N2O. The van der Waals surface area contributed by atoms with E-state index in [2.05, 4.69) is 72.5 Å². The van der Waals surface area contributed by atoms with Gasteiger partial charge in [-0.2, -0.15) is 0 Å². The average molecular weight is 314 g/mol. The van der Waals surface area contributed by atoms with Crippen LogP contribution in [-0.4, -0.2) is 10.7 Å². The van der Waals surface area contributed by atoms with Crippen molar-refractivity contribution in [2.24, 2.45) is 4.99 Å². The normalized spacial score (nSPS) is 24.6. The van der Waals surface area contributed by atoms with E-state index in [1.165, 1.54) is 11.1 Å². The van der Waals surface area contributed by atoms with Crippen molar-refractivity contribution in [3.8, 4) is 0 Å². The van der Waals surface area contributed by atoms with E-state index in [1.54, 1.807) is 6.26 Å². The van der Waals surface area contributed by atoms with Crippen LogP contribution in [0.5, 0.6) is 0 Å². The molecule has 0 spiro atoms. The summed E-state index contributed by atoms with van der Waals surface area (Å²) in [5, 5.41) is 0. The molecule has 2 aliphatic rings. The van der Waals surface area contributed by atoms with Crippen LogP contribution in [-0.2, 0) is 12.0 Å². The molecule has 0 unspecified atom stereocenters. The van der Waals surface area contributed by atoms with E-state index < -0.39 is 0 Å². The van der Waals surface area contributed by atoms with Gasteiger partial charge in [-0.1, -0.05) is 48.5 Å². The first kappa shape index (κ1) is 13.6. The molecule has 1 aromatic heterocycles. The standard InChI is InChI=1S/C21H18N2O/c1-21(16-9-3-2-4-10-16)19(18-12-7-13-24-18)23-14-15-8-5-6-11-17(15)22-20(21)23/h2-13,19H,14H2,1H3/t19-,21+/m0/s1. The van der Waals surface area contributed by atoms with Gasteiger partial charge >= 0.3 is 0 Å². The van der Waals surface area contributed by atoms with Crippen molar-refractivity contribution in [2.75, 3.05) is 0 Å². The number of fused-ring (bicyclic) bond motifs is 2. The molecule has 0 N–H and O–H groups in total. The quantitative estimate of drug-likeness (QED) is 0.677. The number of nitrogens with zero attached hydrogens (tertiary/aromatic N) is 2. The summed E-state index contributed by atoms with van der Waals surface area (Å²) in [6.45, 7) is 3.15. The van der Waals surface area contributed by atoms with Gasteiger partial charge in [0, 0.05) is 6.54 Å². The van der Waals surface area contributed by atoms with Crippen LogP contribution >= 0.6 is 0 Å². The lowest BCUT2D eigenvalue weighted by Gasteiger charge is -2.58. The fraction of sp³-hybridized carbons (Fsp3) is 0.190. The highest BCUT2D eigenvalue weighted by molar-refractivity contribution is 6.02. The molecule has 2 aliphatic heterocycles. The fourth-order valence-corrected chi connectivity index (χ4v) is 4.14. The number of furan rings is 1. The van der Waals surface area contributed by atoms with Crippen LogP contribution in [0.3, 0.4) is 0 Å². The molecule has 2 aromatic carbocycles. The first-order valence-corrected chi connectivity index (χ1v) is 8.31. The lowest BCUT2D eigenvalue weighted by atomic mass is 9.65. The lowest BCUT2D eigenvalue weighted by Crippen LogP contribution is -2.64. The highest BCUT2D eigenvalue weighted by Crippen LogP contribution is 2.55. The minimum Gasteiger partial charge on any atom is -0.467 e. The summed E-state index contributed by atoms with van der Waals surface area (Å²) in [6, 6.07) is 23.2. The zero-order valence-electron chi connectivity index (χ0n) is 13.5. The largest absolute Gasteiger partial charge is 0.467 e. The molecule has 3 aromatic rings. The van der Waals surface area contributed by atoms with Crippen LogP contribution in [0.15, 0.2) is 82.4 Å². The number of hydrogen-bond donors (Lipinski definition) is 0. The van der Waals surface area contributed by atoms with Gasteiger partial charge in [-0.15, -0.1) is 0 Å². The molecule has 3 heterocycles. The van der Waals surface area contributed by atoms with Crippen molar-refractivity contribution in [3.63, 3.8) is 0 Å². The van der Waals surface area contributed by atoms with E-state index >= 15 is 0 Å². The number of para-hydroxylation sites is 1. The third kappa shape index (κ3) is 1.70.